The van der Waals surface area contributed by atoms with Crippen LogP contribution in [-0.2, 0) is 0 Å². The molecule has 1 aliphatic rings. The van der Waals surface area contributed by atoms with Gasteiger partial charge in [-0.05, 0) is 31.9 Å². The van der Waals surface area contributed by atoms with E-state index in [-0.39, 0.29) is 18.3 Å². The third-order valence-electron chi connectivity index (χ3n) is 4.07. The average molecular weight is 361 g/mol. The minimum absolute atomic E-state index is 0.120. The number of ether oxygens (including phenoxy) is 1. The maximum absolute atomic E-state index is 13.8. The summed E-state index contributed by atoms with van der Waals surface area (Å²) < 4.78 is 32.3. The van der Waals surface area contributed by atoms with E-state index in [1.54, 1.807) is 6.92 Å². The van der Waals surface area contributed by atoms with E-state index in [0.717, 1.165) is 36.1 Å². The van der Waals surface area contributed by atoms with Crippen molar-refractivity contribution in [2.75, 3.05) is 11.9 Å². The van der Waals surface area contributed by atoms with E-state index in [9.17, 15) is 13.9 Å². The molecule has 0 spiro atoms. The molecule has 26 heavy (non-hydrogen) atoms. The Labute approximate surface area is 147 Å². The quantitative estimate of drug-likeness (QED) is 0.624. The number of H-pyrrole nitrogens is 1. The van der Waals surface area contributed by atoms with E-state index in [4.69, 9.17) is 4.74 Å². The molecule has 1 fully saturated rings. The highest BCUT2D eigenvalue weighted by molar-refractivity contribution is 5.90. The Morgan fingerprint density at radius 3 is 2.85 bits per heavy atom. The fourth-order valence-corrected chi connectivity index (χ4v) is 2.67. The van der Waals surface area contributed by atoms with Gasteiger partial charge in [0.2, 0.25) is 0 Å². The van der Waals surface area contributed by atoms with Gasteiger partial charge in [0.05, 0.1) is 17.2 Å². The van der Waals surface area contributed by atoms with E-state index in [0.29, 0.717) is 17.4 Å². The van der Waals surface area contributed by atoms with Crippen molar-refractivity contribution in [3.05, 3.63) is 35.5 Å². The predicted molar refractivity (Wildman–Crippen MR) is 90.3 cm³/mol. The van der Waals surface area contributed by atoms with Crippen molar-refractivity contribution < 1.29 is 18.6 Å². The molecule has 7 nitrogen and oxygen atoms in total. The van der Waals surface area contributed by atoms with E-state index in [2.05, 4.69) is 25.5 Å². The van der Waals surface area contributed by atoms with Crippen LogP contribution in [0, 0.1) is 11.6 Å². The molecule has 0 saturated heterocycles. The van der Waals surface area contributed by atoms with Gasteiger partial charge in [-0.3, -0.25) is 5.10 Å². The molecule has 2 aromatic heterocycles. The molecule has 4 rings (SSSR count). The first kappa shape index (κ1) is 16.6. The van der Waals surface area contributed by atoms with E-state index < -0.39 is 17.7 Å². The van der Waals surface area contributed by atoms with Crippen LogP contribution in [0.2, 0.25) is 0 Å². The number of hydrogen-bond donors (Lipinski definition) is 3. The zero-order chi connectivity index (χ0) is 18.3. The van der Waals surface area contributed by atoms with Crippen molar-refractivity contribution in [1.29, 1.82) is 0 Å². The van der Waals surface area contributed by atoms with Gasteiger partial charge >= 0.3 is 6.01 Å². The number of rotatable bonds is 6. The highest BCUT2D eigenvalue weighted by Gasteiger charge is 2.30. The van der Waals surface area contributed by atoms with Gasteiger partial charge < -0.3 is 15.2 Å². The summed E-state index contributed by atoms with van der Waals surface area (Å²) >= 11 is 0. The number of nitrogens with one attached hydrogen (secondary N) is 2. The lowest BCUT2D eigenvalue weighted by molar-refractivity contribution is 0.208. The Kier molecular flexibility index (Phi) is 4.15. The standard InChI is InChI=1S/C17H17F2N5O2/c1-8(25)7-20-15-13-14(9-2-3-9)23-24-16(13)22-17(21-15)26-12-5-4-10(18)6-11(12)19/h4-6,8-9,25H,2-3,7H2,1H3,(H2,20,21,22,23,24). The summed E-state index contributed by atoms with van der Waals surface area (Å²) in [5, 5.41) is 20.5. The molecule has 0 radical (unpaired) electrons. The van der Waals surface area contributed by atoms with Crippen LogP contribution in [0.15, 0.2) is 18.2 Å². The number of nitrogens with zero attached hydrogens (tertiary/aromatic N) is 3. The van der Waals surface area contributed by atoms with Crippen molar-refractivity contribution >= 4 is 16.9 Å². The molecular weight excluding hydrogens is 344 g/mol. The molecule has 136 valence electrons. The molecule has 1 atom stereocenters. The van der Waals surface area contributed by atoms with E-state index in [1.165, 1.54) is 6.07 Å². The summed E-state index contributed by atoms with van der Waals surface area (Å²) in [6.07, 6.45) is 1.54. The zero-order valence-electron chi connectivity index (χ0n) is 14.0. The second kappa shape index (κ2) is 6.49. The van der Waals surface area contributed by atoms with Crippen LogP contribution in [0.3, 0.4) is 0 Å². The van der Waals surface area contributed by atoms with Gasteiger partial charge in [0.25, 0.3) is 0 Å². The summed E-state index contributed by atoms with van der Waals surface area (Å²) in [5.41, 5.74) is 1.32. The molecule has 2 heterocycles. The molecule has 1 saturated carbocycles. The first-order chi connectivity index (χ1) is 12.5. The molecule has 3 aromatic rings. The predicted octanol–water partition coefficient (Wildman–Crippen LogP) is 3.09. The van der Waals surface area contributed by atoms with Gasteiger partial charge in [0.15, 0.2) is 17.2 Å². The fraction of sp³-hybridized carbons (Fsp3) is 0.353. The van der Waals surface area contributed by atoms with Gasteiger partial charge in [0.1, 0.15) is 11.6 Å². The first-order valence-electron chi connectivity index (χ1n) is 8.32. The minimum atomic E-state index is -0.854. The van der Waals surface area contributed by atoms with Crippen molar-refractivity contribution in [3.63, 3.8) is 0 Å². The van der Waals surface area contributed by atoms with Gasteiger partial charge in [-0.1, -0.05) is 0 Å². The highest BCUT2D eigenvalue weighted by atomic mass is 19.1. The monoisotopic (exact) mass is 361 g/mol. The molecular formula is C17H17F2N5O2. The van der Waals surface area contributed by atoms with Crippen LogP contribution in [0.25, 0.3) is 11.0 Å². The molecule has 1 unspecified atom stereocenters. The number of anilines is 1. The average Bonchev–Trinajstić information content (AvgIpc) is 3.35. The lowest BCUT2D eigenvalue weighted by atomic mass is 10.2. The van der Waals surface area contributed by atoms with Gasteiger partial charge in [-0.25, -0.2) is 8.78 Å². The number of fused-ring (bicyclic) bond motifs is 1. The molecule has 0 amide bonds. The van der Waals surface area contributed by atoms with Crippen LogP contribution >= 0.6 is 0 Å². The number of halogens is 2. The Bertz CT molecular complexity index is 956. The van der Waals surface area contributed by atoms with E-state index in [1.807, 2.05) is 0 Å². The van der Waals surface area contributed by atoms with Crippen LogP contribution in [0.4, 0.5) is 14.6 Å². The summed E-state index contributed by atoms with van der Waals surface area (Å²) in [6, 6.07) is 2.86. The van der Waals surface area contributed by atoms with E-state index >= 15 is 0 Å². The normalized spacial score (nSPS) is 15.2. The fourth-order valence-electron chi connectivity index (χ4n) is 2.67. The molecule has 0 aliphatic heterocycles. The smallest absolute Gasteiger partial charge is 0.326 e. The number of aromatic nitrogens is 4. The van der Waals surface area contributed by atoms with Crippen LogP contribution in [0.5, 0.6) is 11.8 Å². The molecule has 0 bridgehead atoms. The number of aromatic amines is 1. The van der Waals surface area contributed by atoms with Gasteiger partial charge in [-0.2, -0.15) is 15.1 Å². The highest BCUT2D eigenvalue weighted by Crippen LogP contribution is 2.43. The minimum Gasteiger partial charge on any atom is -0.421 e. The van der Waals surface area contributed by atoms with Gasteiger partial charge in [0, 0.05) is 18.5 Å². The summed E-state index contributed by atoms with van der Waals surface area (Å²) in [5.74, 6) is -0.911. The lowest BCUT2D eigenvalue weighted by Crippen LogP contribution is -2.16. The Morgan fingerprint density at radius 1 is 1.35 bits per heavy atom. The molecule has 9 heteroatoms. The Hall–Kier alpha value is -2.81. The zero-order valence-corrected chi connectivity index (χ0v) is 14.0. The number of aliphatic hydroxyl groups is 1. The SMILES string of the molecule is CC(O)CNc1nc(Oc2ccc(F)cc2F)nc2n[nH]c(C3CC3)c12. The maximum Gasteiger partial charge on any atom is 0.326 e. The summed E-state index contributed by atoms with van der Waals surface area (Å²) in [6.45, 7) is 1.92. The Balaban J connectivity index is 1.73. The second-order valence-electron chi connectivity index (χ2n) is 6.37. The lowest BCUT2D eigenvalue weighted by Gasteiger charge is -2.11. The number of aliphatic hydroxyl groups excluding tert-OH is 1. The van der Waals surface area contributed by atoms with Crippen molar-refractivity contribution in [3.8, 4) is 11.8 Å². The Morgan fingerprint density at radius 2 is 2.15 bits per heavy atom. The topological polar surface area (TPSA) is 95.9 Å². The third kappa shape index (κ3) is 3.30. The van der Waals surface area contributed by atoms with Crippen LogP contribution in [-0.4, -0.2) is 37.9 Å². The summed E-state index contributed by atoms with van der Waals surface area (Å²) in [7, 11) is 0. The largest absolute Gasteiger partial charge is 0.421 e. The van der Waals surface area contributed by atoms with Crippen LogP contribution in [0.1, 0.15) is 31.4 Å². The van der Waals surface area contributed by atoms with Crippen LogP contribution < -0.4 is 10.1 Å². The van der Waals surface area contributed by atoms with Crippen molar-refractivity contribution in [1.82, 2.24) is 20.2 Å². The second-order valence-corrected chi connectivity index (χ2v) is 6.37. The van der Waals surface area contributed by atoms with Gasteiger partial charge in [-0.15, -0.1) is 0 Å². The first-order valence-corrected chi connectivity index (χ1v) is 8.32. The molecule has 3 N–H and O–H groups in total. The maximum atomic E-state index is 13.8. The summed E-state index contributed by atoms with van der Waals surface area (Å²) in [4.78, 5) is 8.51. The number of benzene rings is 1. The molecule has 1 aliphatic carbocycles. The van der Waals surface area contributed by atoms with Crippen molar-refractivity contribution in [2.45, 2.75) is 31.8 Å². The number of hydrogen-bond acceptors (Lipinski definition) is 6. The van der Waals surface area contributed by atoms with Crippen molar-refractivity contribution in [2.24, 2.45) is 0 Å². The third-order valence-corrected chi connectivity index (χ3v) is 4.07. The molecule has 1 aromatic carbocycles.